The number of aliphatic hydroxyl groups excluding tert-OH is 1. The Morgan fingerprint density at radius 3 is 3.00 bits per heavy atom. The van der Waals surface area contributed by atoms with E-state index in [1.807, 2.05) is 13.0 Å². The van der Waals surface area contributed by atoms with E-state index in [1.54, 1.807) is 35.3 Å². The van der Waals surface area contributed by atoms with Crippen LogP contribution in [0.3, 0.4) is 0 Å². The molecule has 1 heterocycles. The summed E-state index contributed by atoms with van der Waals surface area (Å²) in [7, 11) is 0. The third-order valence-corrected chi connectivity index (χ3v) is 2.84. The average molecular weight is 260 g/mol. The summed E-state index contributed by atoms with van der Waals surface area (Å²) < 4.78 is 1.58. The summed E-state index contributed by atoms with van der Waals surface area (Å²) in [6.07, 6.45) is 3.97. The molecule has 0 aliphatic carbocycles. The molecule has 0 spiro atoms. The van der Waals surface area contributed by atoms with Crippen molar-refractivity contribution in [3.8, 4) is 5.69 Å². The Bertz CT molecular complexity index is 535. The van der Waals surface area contributed by atoms with Gasteiger partial charge in [0.25, 0.3) is 5.91 Å². The van der Waals surface area contributed by atoms with Crippen LogP contribution in [-0.4, -0.2) is 38.7 Å². The van der Waals surface area contributed by atoms with Gasteiger partial charge in [0.05, 0.1) is 30.7 Å². The van der Waals surface area contributed by atoms with Crippen molar-refractivity contribution in [1.82, 2.24) is 20.3 Å². The first-order chi connectivity index (χ1) is 9.24. The predicted octanol–water partition coefficient (Wildman–Crippen LogP) is 0.768. The lowest BCUT2D eigenvalue weighted by Crippen LogP contribution is -2.36. The smallest absolute Gasteiger partial charge is 0.251 e. The van der Waals surface area contributed by atoms with E-state index in [-0.39, 0.29) is 18.6 Å². The molecule has 2 N–H and O–H groups in total. The van der Waals surface area contributed by atoms with Crippen molar-refractivity contribution in [2.24, 2.45) is 0 Å². The molecule has 0 aliphatic rings. The van der Waals surface area contributed by atoms with Crippen molar-refractivity contribution < 1.29 is 9.90 Å². The second-order valence-corrected chi connectivity index (χ2v) is 4.16. The number of nitrogens with zero attached hydrogens (tertiary/aromatic N) is 3. The molecule has 1 aromatic carbocycles. The molecule has 1 atom stereocenters. The molecule has 1 aromatic heterocycles. The number of aromatic nitrogens is 3. The Morgan fingerprint density at radius 1 is 1.53 bits per heavy atom. The number of rotatable bonds is 5. The normalized spacial score (nSPS) is 12.1. The quantitative estimate of drug-likeness (QED) is 0.832. The van der Waals surface area contributed by atoms with Crippen molar-refractivity contribution in [2.75, 3.05) is 6.61 Å². The summed E-state index contributed by atoms with van der Waals surface area (Å²) in [6, 6.07) is 6.86. The summed E-state index contributed by atoms with van der Waals surface area (Å²) in [4.78, 5) is 12.0. The average Bonchev–Trinajstić information content (AvgIpc) is 2.99. The van der Waals surface area contributed by atoms with Crippen molar-refractivity contribution in [1.29, 1.82) is 0 Å². The first kappa shape index (κ1) is 13.2. The maximum absolute atomic E-state index is 12.0. The Morgan fingerprint density at radius 2 is 2.37 bits per heavy atom. The van der Waals surface area contributed by atoms with Crippen LogP contribution in [0, 0.1) is 0 Å². The summed E-state index contributed by atoms with van der Waals surface area (Å²) in [5, 5.41) is 19.5. The molecular weight excluding hydrogens is 244 g/mol. The van der Waals surface area contributed by atoms with Crippen LogP contribution in [-0.2, 0) is 0 Å². The third-order valence-electron chi connectivity index (χ3n) is 2.84. The summed E-state index contributed by atoms with van der Waals surface area (Å²) in [5.41, 5.74) is 1.29. The Labute approximate surface area is 111 Å². The highest BCUT2D eigenvalue weighted by molar-refractivity contribution is 5.94. The van der Waals surface area contributed by atoms with Gasteiger partial charge in [-0.1, -0.05) is 18.2 Å². The van der Waals surface area contributed by atoms with E-state index < -0.39 is 0 Å². The van der Waals surface area contributed by atoms with Crippen LogP contribution in [0.5, 0.6) is 0 Å². The molecular formula is C13H16N4O2. The first-order valence-corrected chi connectivity index (χ1v) is 6.13. The number of benzene rings is 1. The molecule has 0 radical (unpaired) electrons. The first-order valence-electron chi connectivity index (χ1n) is 6.13. The molecule has 19 heavy (non-hydrogen) atoms. The Hall–Kier alpha value is -2.21. The van der Waals surface area contributed by atoms with E-state index in [0.717, 1.165) is 5.69 Å². The molecule has 6 heteroatoms. The lowest BCUT2D eigenvalue weighted by Gasteiger charge is -2.14. The second-order valence-electron chi connectivity index (χ2n) is 4.16. The van der Waals surface area contributed by atoms with Gasteiger partial charge in [0.15, 0.2) is 0 Å². The standard InChI is InChI=1S/C13H16N4O2/c1-2-11(9-18)15-13(19)10-4-3-5-12(8-10)17-7-6-14-16-17/h3-8,11,18H,2,9H2,1H3,(H,15,19). The highest BCUT2D eigenvalue weighted by Crippen LogP contribution is 2.09. The highest BCUT2D eigenvalue weighted by atomic mass is 16.3. The summed E-state index contributed by atoms with van der Waals surface area (Å²) in [5.74, 6) is -0.206. The third kappa shape index (κ3) is 3.17. The fourth-order valence-electron chi connectivity index (χ4n) is 1.68. The molecule has 1 unspecified atom stereocenters. The van der Waals surface area contributed by atoms with Gasteiger partial charge >= 0.3 is 0 Å². The molecule has 6 nitrogen and oxygen atoms in total. The van der Waals surface area contributed by atoms with Gasteiger partial charge in [0, 0.05) is 5.56 Å². The second kappa shape index (κ2) is 6.10. The molecule has 100 valence electrons. The maximum atomic E-state index is 12.0. The highest BCUT2D eigenvalue weighted by Gasteiger charge is 2.11. The van der Waals surface area contributed by atoms with Crippen LogP contribution >= 0.6 is 0 Å². The molecule has 0 saturated heterocycles. The monoisotopic (exact) mass is 260 g/mol. The van der Waals surface area contributed by atoms with Gasteiger partial charge in [0.1, 0.15) is 0 Å². The number of carbonyl (C=O) groups is 1. The molecule has 0 saturated carbocycles. The molecule has 0 aliphatic heterocycles. The number of amides is 1. The van der Waals surface area contributed by atoms with Crippen molar-refractivity contribution in [3.63, 3.8) is 0 Å². The van der Waals surface area contributed by atoms with Gasteiger partial charge < -0.3 is 10.4 Å². The fraction of sp³-hybridized carbons (Fsp3) is 0.308. The Kier molecular flexibility index (Phi) is 4.25. The number of hydrogen-bond donors (Lipinski definition) is 2. The largest absolute Gasteiger partial charge is 0.394 e. The predicted molar refractivity (Wildman–Crippen MR) is 70.0 cm³/mol. The van der Waals surface area contributed by atoms with Crippen LogP contribution < -0.4 is 5.32 Å². The fourth-order valence-corrected chi connectivity index (χ4v) is 1.68. The minimum absolute atomic E-state index is 0.0645. The van der Waals surface area contributed by atoms with Crippen LogP contribution in [0.4, 0.5) is 0 Å². The SMILES string of the molecule is CCC(CO)NC(=O)c1cccc(-n2ccnn2)c1. The van der Waals surface area contributed by atoms with Gasteiger partial charge in [-0.2, -0.15) is 0 Å². The van der Waals surface area contributed by atoms with E-state index in [0.29, 0.717) is 12.0 Å². The summed E-state index contributed by atoms with van der Waals surface area (Å²) in [6.45, 7) is 1.85. The van der Waals surface area contributed by atoms with E-state index in [1.165, 1.54) is 0 Å². The molecule has 2 rings (SSSR count). The number of nitrogens with one attached hydrogen (secondary N) is 1. The minimum atomic E-state index is -0.220. The van der Waals surface area contributed by atoms with Crippen molar-refractivity contribution >= 4 is 5.91 Å². The van der Waals surface area contributed by atoms with Gasteiger partial charge in [-0.05, 0) is 24.6 Å². The van der Waals surface area contributed by atoms with Crippen LogP contribution in [0.1, 0.15) is 23.7 Å². The van der Waals surface area contributed by atoms with Gasteiger partial charge in [-0.3, -0.25) is 4.79 Å². The molecule has 1 amide bonds. The lowest BCUT2D eigenvalue weighted by molar-refractivity contribution is 0.0915. The van der Waals surface area contributed by atoms with Gasteiger partial charge in [-0.25, -0.2) is 4.68 Å². The zero-order chi connectivity index (χ0) is 13.7. The zero-order valence-corrected chi connectivity index (χ0v) is 10.7. The van der Waals surface area contributed by atoms with Crippen LogP contribution in [0.25, 0.3) is 5.69 Å². The molecule has 2 aromatic rings. The van der Waals surface area contributed by atoms with E-state index in [9.17, 15) is 4.79 Å². The Balaban J connectivity index is 2.17. The maximum Gasteiger partial charge on any atom is 0.251 e. The van der Waals surface area contributed by atoms with Crippen molar-refractivity contribution in [2.45, 2.75) is 19.4 Å². The van der Waals surface area contributed by atoms with E-state index >= 15 is 0 Å². The lowest BCUT2D eigenvalue weighted by atomic mass is 10.1. The number of carbonyl (C=O) groups excluding carboxylic acids is 1. The van der Waals surface area contributed by atoms with Crippen LogP contribution in [0.2, 0.25) is 0 Å². The molecule has 0 fully saturated rings. The summed E-state index contributed by atoms with van der Waals surface area (Å²) >= 11 is 0. The van der Waals surface area contributed by atoms with Crippen molar-refractivity contribution in [3.05, 3.63) is 42.2 Å². The minimum Gasteiger partial charge on any atom is -0.394 e. The number of hydrogen-bond acceptors (Lipinski definition) is 4. The van der Waals surface area contributed by atoms with Crippen LogP contribution in [0.15, 0.2) is 36.7 Å². The number of aliphatic hydroxyl groups is 1. The van der Waals surface area contributed by atoms with Gasteiger partial charge in [-0.15, -0.1) is 5.10 Å². The van der Waals surface area contributed by atoms with E-state index in [4.69, 9.17) is 5.11 Å². The van der Waals surface area contributed by atoms with Gasteiger partial charge in [0.2, 0.25) is 0 Å². The molecule has 0 bridgehead atoms. The zero-order valence-electron chi connectivity index (χ0n) is 10.7. The topological polar surface area (TPSA) is 80.0 Å². The van der Waals surface area contributed by atoms with E-state index in [2.05, 4.69) is 15.6 Å².